The molecule has 1 aliphatic rings. The standard InChI is InChI=1S/C15H30N2O3/c1-6-12(11-19-5)16-9-10-17(13-7-8-13)14(18)20-15(2,3)4/h12-13,16H,6-11H2,1-5H3. The smallest absolute Gasteiger partial charge is 0.410 e. The van der Waals surface area contributed by atoms with Crippen molar-refractivity contribution in [2.24, 2.45) is 0 Å². The molecule has 0 spiro atoms. The summed E-state index contributed by atoms with van der Waals surface area (Å²) in [6, 6.07) is 0.717. The highest BCUT2D eigenvalue weighted by Crippen LogP contribution is 2.28. The van der Waals surface area contributed by atoms with Crippen LogP contribution in [0.15, 0.2) is 0 Å². The lowest BCUT2D eigenvalue weighted by molar-refractivity contribution is 0.0233. The first-order valence-corrected chi connectivity index (χ1v) is 7.59. The highest BCUT2D eigenvalue weighted by atomic mass is 16.6. The van der Waals surface area contributed by atoms with Crippen LogP contribution in [0.4, 0.5) is 4.79 Å². The number of nitrogens with one attached hydrogen (secondary N) is 1. The second-order valence-electron chi connectivity index (χ2n) is 6.42. The normalized spacial score (nSPS) is 16.9. The minimum Gasteiger partial charge on any atom is -0.444 e. The van der Waals surface area contributed by atoms with Gasteiger partial charge in [-0.15, -0.1) is 0 Å². The van der Waals surface area contributed by atoms with E-state index in [1.807, 2.05) is 25.7 Å². The molecule has 0 bridgehead atoms. The van der Waals surface area contributed by atoms with Crippen LogP contribution in [0.5, 0.6) is 0 Å². The molecule has 1 rings (SSSR count). The van der Waals surface area contributed by atoms with Gasteiger partial charge in [-0.05, 0) is 40.0 Å². The summed E-state index contributed by atoms with van der Waals surface area (Å²) in [6.45, 7) is 10.0. The molecule has 1 saturated carbocycles. The quantitative estimate of drug-likeness (QED) is 0.744. The van der Waals surface area contributed by atoms with Crippen LogP contribution in [0.25, 0.3) is 0 Å². The maximum Gasteiger partial charge on any atom is 0.410 e. The van der Waals surface area contributed by atoms with Gasteiger partial charge >= 0.3 is 6.09 Å². The molecule has 0 saturated heterocycles. The molecule has 0 radical (unpaired) electrons. The summed E-state index contributed by atoms with van der Waals surface area (Å²) >= 11 is 0. The summed E-state index contributed by atoms with van der Waals surface area (Å²) < 4.78 is 10.6. The topological polar surface area (TPSA) is 50.8 Å². The number of carbonyl (C=O) groups is 1. The maximum absolute atomic E-state index is 12.2. The molecule has 1 fully saturated rings. The van der Waals surface area contributed by atoms with Gasteiger partial charge < -0.3 is 19.7 Å². The van der Waals surface area contributed by atoms with Crippen LogP contribution in [-0.2, 0) is 9.47 Å². The van der Waals surface area contributed by atoms with Gasteiger partial charge in [-0.1, -0.05) is 6.92 Å². The van der Waals surface area contributed by atoms with Crippen molar-refractivity contribution >= 4 is 6.09 Å². The fourth-order valence-electron chi connectivity index (χ4n) is 2.04. The number of rotatable bonds is 8. The minimum absolute atomic E-state index is 0.193. The van der Waals surface area contributed by atoms with E-state index in [2.05, 4.69) is 12.2 Å². The van der Waals surface area contributed by atoms with Gasteiger partial charge in [-0.3, -0.25) is 0 Å². The lowest BCUT2D eigenvalue weighted by Crippen LogP contribution is -2.44. The molecule has 0 aliphatic heterocycles. The fraction of sp³-hybridized carbons (Fsp3) is 0.933. The van der Waals surface area contributed by atoms with E-state index in [1.54, 1.807) is 7.11 Å². The number of hydrogen-bond donors (Lipinski definition) is 1. The van der Waals surface area contributed by atoms with E-state index in [4.69, 9.17) is 9.47 Å². The highest BCUT2D eigenvalue weighted by molar-refractivity contribution is 5.69. The van der Waals surface area contributed by atoms with Crippen LogP contribution >= 0.6 is 0 Å². The number of ether oxygens (including phenoxy) is 2. The van der Waals surface area contributed by atoms with Crippen molar-refractivity contribution in [2.45, 2.75) is 64.6 Å². The Morgan fingerprint density at radius 2 is 2.05 bits per heavy atom. The molecule has 0 aromatic carbocycles. The van der Waals surface area contributed by atoms with Gasteiger partial charge in [0.25, 0.3) is 0 Å². The van der Waals surface area contributed by atoms with Crippen LogP contribution in [0, 0.1) is 0 Å². The predicted octanol–water partition coefficient (Wildman–Crippen LogP) is 2.40. The first-order chi connectivity index (χ1) is 9.37. The van der Waals surface area contributed by atoms with Crippen LogP contribution in [0.2, 0.25) is 0 Å². The zero-order valence-electron chi connectivity index (χ0n) is 13.6. The molecule has 1 N–H and O–H groups in total. The SMILES string of the molecule is CCC(COC)NCCN(C(=O)OC(C)(C)C)C1CC1. The summed E-state index contributed by atoms with van der Waals surface area (Å²) in [5, 5.41) is 3.43. The number of amides is 1. The molecular weight excluding hydrogens is 256 g/mol. The summed E-state index contributed by atoms with van der Waals surface area (Å²) in [5.74, 6) is 0. The summed E-state index contributed by atoms with van der Waals surface area (Å²) in [6.07, 6.45) is 3.01. The lowest BCUT2D eigenvalue weighted by Gasteiger charge is -2.28. The number of carbonyl (C=O) groups excluding carboxylic acids is 1. The maximum atomic E-state index is 12.2. The van der Waals surface area contributed by atoms with Crippen molar-refractivity contribution in [1.29, 1.82) is 0 Å². The first kappa shape index (κ1) is 17.2. The van der Waals surface area contributed by atoms with Gasteiger partial charge in [-0.25, -0.2) is 4.79 Å². The number of methoxy groups -OCH3 is 1. The lowest BCUT2D eigenvalue weighted by atomic mass is 10.2. The Labute approximate surface area is 123 Å². The second kappa shape index (κ2) is 7.84. The van der Waals surface area contributed by atoms with E-state index >= 15 is 0 Å². The average Bonchev–Trinajstić information content (AvgIpc) is 3.14. The van der Waals surface area contributed by atoms with E-state index in [0.717, 1.165) is 25.8 Å². The minimum atomic E-state index is -0.431. The fourth-order valence-corrected chi connectivity index (χ4v) is 2.04. The van der Waals surface area contributed by atoms with Gasteiger partial charge in [0.05, 0.1) is 6.61 Å². The monoisotopic (exact) mass is 286 g/mol. The van der Waals surface area contributed by atoms with Crippen molar-refractivity contribution in [3.63, 3.8) is 0 Å². The Morgan fingerprint density at radius 1 is 1.40 bits per heavy atom. The van der Waals surface area contributed by atoms with Crippen molar-refractivity contribution in [1.82, 2.24) is 10.2 Å². The predicted molar refractivity (Wildman–Crippen MR) is 79.9 cm³/mol. The van der Waals surface area contributed by atoms with E-state index in [1.165, 1.54) is 0 Å². The van der Waals surface area contributed by atoms with E-state index in [9.17, 15) is 4.79 Å². The van der Waals surface area contributed by atoms with Crippen molar-refractivity contribution in [2.75, 3.05) is 26.8 Å². The third-order valence-electron chi connectivity index (χ3n) is 3.26. The van der Waals surface area contributed by atoms with Crippen LogP contribution in [-0.4, -0.2) is 55.5 Å². The summed E-state index contributed by atoms with van der Waals surface area (Å²) in [7, 11) is 1.71. The molecule has 0 aromatic heterocycles. The van der Waals surface area contributed by atoms with Crippen molar-refractivity contribution < 1.29 is 14.3 Å². The van der Waals surface area contributed by atoms with Crippen molar-refractivity contribution in [3.8, 4) is 0 Å². The molecule has 1 atom stereocenters. The van der Waals surface area contributed by atoms with Gasteiger partial charge in [0.2, 0.25) is 0 Å². The van der Waals surface area contributed by atoms with Crippen molar-refractivity contribution in [3.05, 3.63) is 0 Å². The molecule has 0 heterocycles. The largest absolute Gasteiger partial charge is 0.444 e. The van der Waals surface area contributed by atoms with E-state index in [0.29, 0.717) is 25.2 Å². The van der Waals surface area contributed by atoms with Crippen LogP contribution in [0.3, 0.4) is 0 Å². The van der Waals surface area contributed by atoms with Gasteiger partial charge in [-0.2, -0.15) is 0 Å². The Kier molecular flexibility index (Phi) is 6.76. The molecule has 1 unspecified atom stereocenters. The van der Waals surface area contributed by atoms with E-state index in [-0.39, 0.29) is 6.09 Å². The molecule has 1 aliphatic carbocycles. The zero-order chi connectivity index (χ0) is 15.2. The Hall–Kier alpha value is -0.810. The second-order valence-corrected chi connectivity index (χ2v) is 6.42. The number of nitrogens with zero attached hydrogens (tertiary/aromatic N) is 1. The zero-order valence-corrected chi connectivity index (χ0v) is 13.6. The third-order valence-corrected chi connectivity index (χ3v) is 3.26. The van der Waals surface area contributed by atoms with Gasteiger partial charge in [0, 0.05) is 32.3 Å². The molecule has 20 heavy (non-hydrogen) atoms. The molecule has 1 amide bonds. The summed E-state index contributed by atoms with van der Waals surface area (Å²) in [5.41, 5.74) is -0.431. The molecule has 5 heteroatoms. The van der Waals surface area contributed by atoms with Gasteiger partial charge in [0.1, 0.15) is 5.60 Å². The van der Waals surface area contributed by atoms with E-state index < -0.39 is 5.60 Å². The molecule has 118 valence electrons. The first-order valence-electron chi connectivity index (χ1n) is 7.59. The van der Waals surface area contributed by atoms with Crippen LogP contribution < -0.4 is 5.32 Å². The highest BCUT2D eigenvalue weighted by Gasteiger charge is 2.34. The Balaban J connectivity index is 2.38. The average molecular weight is 286 g/mol. The summed E-state index contributed by atoms with van der Waals surface area (Å²) in [4.78, 5) is 14.0. The molecule has 5 nitrogen and oxygen atoms in total. The third kappa shape index (κ3) is 6.57. The van der Waals surface area contributed by atoms with Crippen LogP contribution in [0.1, 0.15) is 47.0 Å². The molecule has 0 aromatic rings. The molecular formula is C15H30N2O3. The Morgan fingerprint density at radius 3 is 2.50 bits per heavy atom. The number of hydrogen-bond acceptors (Lipinski definition) is 4. The van der Waals surface area contributed by atoms with Gasteiger partial charge in [0.15, 0.2) is 0 Å². The Bertz CT molecular complexity index is 298.